The van der Waals surface area contributed by atoms with E-state index >= 15 is 0 Å². The van der Waals surface area contributed by atoms with E-state index in [1.807, 2.05) is 18.2 Å². The molecule has 0 aliphatic heterocycles. The van der Waals surface area contributed by atoms with Crippen LogP contribution in [0.1, 0.15) is 12.0 Å². The number of carbonyl (C=O) groups excluding carboxylic acids is 1. The molecule has 0 aromatic heterocycles. The van der Waals surface area contributed by atoms with Crippen LogP contribution in [-0.4, -0.2) is 33.3 Å². The van der Waals surface area contributed by atoms with Gasteiger partial charge < -0.3 is 19.5 Å². The largest absolute Gasteiger partial charge is 0.493 e. The third kappa shape index (κ3) is 5.67. The van der Waals surface area contributed by atoms with Crippen molar-refractivity contribution in [1.82, 2.24) is 5.32 Å². The molecule has 134 valence electrons. The molecule has 1 amide bonds. The van der Waals surface area contributed by atoms with Gasteiger partial charge in [0.1, 0.15) is 6.61 Å². The zero-order valence-electron chi connectivity index (χ0n) is 14.4. The maximum absolute atomic E-state index is 13.4. The molecule has 6 heteroatoms. The molecule has 0 spiro atoms. The molecule has 0 fully saturated rings. The van der Waals surface area contributed by atoms with Gasteiger partial charge in [0.2, 0.25) is 5.91 Å². The first-order chi connectivity index (χ1) is 12.1. The summed E-state index contributed by atoms with van der Waals surface area (Å²) in [7, 11) is 3.15. The standard InChI is InChI=1S/C19H22FNO4/c1-23-17-9-7-14(13-18(17)24-2)8-10-19(22)21-11-12-25-16-6-4-3-5-15(16)20/h3-7,9,13H,8,10-12H2,1-2H3,(H,21,22). The van der Waals surface area contributed by atoms with Crippen LogP contribution in [0.25, 0.3) is 0 Å². The van der Waals surface area contributed by atoms with Crippen molar-refractivity contribution in [2.45, 2.75) is 12.8 Å². The van der Waals surface area contributed by atoms with Gasteiger partial charge in [-0.3, -0.25) is 4.79 Å². The molecular formula is C19H22FNO4. The Morgan fingerprint density at radius 1 is 1.04 bits per heavy atom. The van der Waals surface area contributed by atoms with E-state index in [-0.39, 0.29) is 18.3 Å². The molecule has 0 unspecified atom stereocenters. The van der Waals surface area contributed by atoms with Crippen LogP contribution in [0.4, 0.5) is 4.39 Å². The van der Waals surface area contributed by atoms with Crippen LogP contribution in [0, 0.1) is 5.82 Å². The SMILES string of the molecule is COc1ccc(CCC(=O)NCCOc2ccccc2F)cc1OC. The summed E-state index contributed by atoms with van der Waals surface area (Å²) in [5.41, 5.74) is 0.982. The quantitative estimate of drug-likeness (QED) is 0.709. The predicted octanol–water partition coefficient (Wildman–Crippen LogP) is 2.97. The van der Waals surface area contributed by atoms with E-state index < -0.39 is 5.82 Å². The van der Waals surface area contributed by atoms with Gasteiger partial charge in [0.15, 0.2) is 23.1 Å². The molecule has 1 N–H and O–H groups in total. The van der Waals surface area contributed by atoms with Crippen molar-refractivity contribution in [2.24, 2.45) is 0 Å². The number of halogens is 1. The van der Waals surface area contributed by atoms with Crippen molar-refractivity contribution >= 4 is 5.91 Å². The van der Waals surface area contributed by atoms with Gasteiger partial charge in [-0.05, 0) is 36.2 Å². The van der Waals surface area contributed by atoms with E-state index in [1.54, 1.807) is 32.4 Å². The monoisotopic (exact) mass is 347 g/mol. The average molecular weight is 347 g/mol. The molecule has 0 atom stereocenters. The van der Waals surface area contributed by atoms with E-state index in [9.17, 15) is 9.18 Å². The van der Waals surface area contributed by atoms with Crippen LogP contribution in [0.3, 0.4) is 0 Å². The fourth-order valence-electron chi connectivity index (χ4n) is 2.30. The molecule has 0 bridgehead atoms. The van der Waals surface area contributed by atoms with Crippen molar-refractivity contribution in [3.63, 3.8) is 0 Å². The molecular weight excluding hydrogens is 325 g/mol. The lowest BCUT2D eigenvalue weighted by molar-refractivity contribution is -0.121. The summed E-state index contributed by atoms with van der Waals surface area (Å²) < 4.78 is 29.1. The highest BCUT2D eigenvalue weighted by Crippen LogP contribution is 2.27. The second-order valence-electron chi connectivity index (χ2n) is 5.32. The van der Waals surface area contributed by atoms with Gasteiger partial charge in [-0.2, -0.15) is 0 Å². The van der Waals surface area contributed by atoms with Crippen LogP contribution >= 0.6 is 0 Å². The number of hydrogen-bond donors (Lipinski definition) is 1. The van der Waals surface area contributed by atoms with Crippen molar-refractivity contribution in [2.75, 3.05) is 27.4 Å². The highest BCUT2D eigenvalue weighted by molar-refractivity contribution is 5.76. The van der Waals surface area contributed by atoms with E-state index in [1.165, 1.54) is 6.07 Å². The Morgan fingerprint density at radius 3 is 2.52 bits per heavy atom. The van der Waals surface area contributed by atoms with E-state index in [0.717, 1.165) is 5.56 Å². The first kappa shape index (κ1) is 18.6. The second kappa shape index (κ2) is 9.52. The van der Waals surface area contributed by atoms with E-state index in [2.05, 4.69) is 5.32 Å². The zero-order valence-corrected chi connectivity index (χ0v) is 14.4. The summed E-state index contributed by atoms with van der Waals surface area (Å²) in [6.45, 7) is 0.530. The van der Waals surface area contributed by atoms with Gasteiger partial charge in [-0.1, -0.05) is 18.2 Å². The third-order valence-electron chi connectivity index (χ3n) is 3.61. The number of rotatable bonds is 9. The van der Waals surface area contributed by atoms with Gasteiger partial charge in [0, 0.05) is 6.42 Å². The molecule has 2 aromatic rings. The molecule has 2 rings (SSSR count). The van der Waals surface area contributed by atoms with Crippen LogP contribution in [0.15, 0.2) is 42.5 Å². The Hall–Kier alpha value is -2.76. The fourth-order valence-corrected chi connectivity index (χ4v) is 2.30. The number of aryl methyl sites for hydroxylation is 1. The Kier molecular flexibility index (Phi) is 7.07. The number of benzene rings is 2. The van der Waals surface area contributed by atoms with Crippen LogP contribution in [0.2, 0.25) is 0 Å². The maximum atomic E-state index is 13.4. The minimum absolute atomic E-state index is 0.0908. The smallest absolute Gasteiger partial charge is 0.220 e. The molecule has 0 radical (unpaired) electrons. The van der Waals surface area contributed by atoms with Gasteiger partial charge in [-0.25, -0.2) is 4.39 Å². The van der Waals surface area contributed by atoms with Gasteiger partial charge >= 0.3 is 0 Å². The lowest BCUT2D eigenvalue weighted by atomic mass is 10.1. The number of hydrogen-bond acceptors (Lipinski definition) is 4. The Bertz CT molecular complexity index is 706. The first-order valence-electron chi connectivity index (χ1n) is 7.99. The molecule has 25 heavy (non-hydrogen) atoms. The van der Waals surface area contributed by atoms with Crippen molar-refractivity contribution in [3.8, 4) is 17.2 Å². The summed E-state index contributed by atoms with van der Waals surface area (Å²) in [6, 6.07) is 11.7. The molecule has 0 heterocycles. The molecule has 0 saturated carbocycles. The summed E-state index contributed by atoms with van der Waals surface area (Å²) >= 11 is 0. The minimum atomic E-state index is -0.415. The normalized spacial score (nSPS) is 10.2. The zero-order chi connectivity index (χ0) is 18.1. The second-order valence-corrected chi connectivity index (χ2v) is 5.32. The van der Waals surface area contributed by atoms with Gasteiger partial charge in [-0.15, -0.1) is 0 Å². The summed E-state index contributed by atoms with van der Waals surface area (Å²) in [6.07, 6.45) is 0.926. The van der Waals surface area contributed by atoms with Gasteiger partial charge in [0.25, 0.3) is 0 Å². The maximum Gasteiger partial charge on any atom is 0.220 e. The highest BCUT2D eigenvalue weighted by Gasteiger charge is 2.07. The summed E-state index contributed by atoms with van der Waals surface area (Å²) in [4.78, 5) is 11.9. The number of para-hydroxylation sites is 1. The summed E-state index contributed by atoms with van der Waals surface area (Å²) in [5.74, 6) is 0.968. The topological polar surface area (TPSA) is 56.8 Å². The lowest BCUT2D eigenvalue weighted by Crippen LogP contribution is -2.28. The third-order valence-corrected chi connectivity index (χ3v) is 3.61. The van der Waals surface area contributed by atoms with Crippen molar-refractivity contribution in [3.05, 3.63) is 53.8 Å². The Morgan fingerprint density at radius 2 is 1.80 bits per heavy atom. The Balaban J connectivity index is 1.71. The van der Waals surface area contributed by atoms with Crippen LogP contribution < -0.4 is 19.5 Å². The first-order valence-corrected chi connectivity index (χ1v) is 7.99. The highest BCUT2D eigenvalue weighted by atomic mass is 19.1. The van der Waals surface area contributed by atoms with Gasteiger partial charge in [0.05, 0.1) is 20.8 Å². The molecule has 0 aliphatic rings. The number of nitrogens with one attached hydrogen (secondary N) is 1. The van der Waals surface area contributed by atoms with E-state index in [4.69, 9.17) is 14.2 Å². The molecule has 5 nitrogen and oxygen atoms in total. The Labute approximate surface area is 146 Å². The minimum Gasteiger partial charge on any atom is -0.493 e. The number of methoxy groups -OCH3 is 2. The van der Waals surface area contributed by atoms with Crippen LogP contribution in [0.5, 0.6) is 17.2 Å². The van der Waals surface area contributed by atoms with E-state index in [0.29, 0.717) is 30.9 Å². The van der Waals surface area contributed by atoms with Crippen molar-refractivity contribution in [1.29, 1.82) is 0 Å². The van der Waals surface area contributed by atoms with Crippen molar-refractivity contribution < 1.29 is 23.4 Å². The average Bonchev–Trinajstić information content (AvgIpc) is 2.64. The number of ether oxygens (including phenoxy) is 3. The fraction of sp³-hybridized carbons (Fsp3) is 0.316. The molecule has 0 aliphatic carbocycles. The summed E-state index contributed by atoms with van der Waals surface area (Å²) in [5, 5.41) is 2.75. The predicted molar refractivity (Wildman–Crippen MR) is 92.8 cm³/mol. The molecule has 2 aromatic carbocycles. The number of carbonyl (C=O) groups is 1. The number of amides is 1. The van der Waals surface area contributed by atoms with Crippen LogP contribution in [-0.2, 0) is 11.2 Å². The molecule has 0 saturated heterocycles. The lowest BCUT2D eigenvalue weighted by Gasteiger charge is -2.10.